The molecule has 0 spiro atoms. The molecule has 0 aliphatic heterocycles. The summed E-state index contributed by atoms with van der Waals surface area (Å²) < 4.78 is 0. The summed E-state index contributed by atoms with van der Waals surface area (Å²) in [6, 6.07) is 9.97. The third kappa shape index (κ3) is 3.88. The van der Waals surface area contributed by atoms with Crippen LogP contribution in [-0.2, 0) is 19.9 Å². The highest BCUT2D eigenvalue weighted by Crippen LogP contribution is 2.65. The first kappa shape index (κ1) is 27.4. The number of halogens is 1. The molecule has 0 bridgehead atoms. The second-order valence-corrected chi connectivity index (χ2v) is 13.3. The molecule has 5 aliphatic carbocycles. The van der Waals surface area contributed by atoms with E-state index in [0.717, 1.165) is 42.4 Å². The third-order valence-electron chi connectivity index (χ3n) is 10.9. The Morgan fingerprint density at radius 1 is 1.05 bits per heavy atom. The SMILES string of the molecule is CC(C)C1=C2C3CC[C@@H]4C(C)CCC[C@@]4(C)C3=CC[C@@]2(C(=O)C(=O)NC2(c3ccccc3)CC2)CC1=O.Cl.[HH]. The second kappa shape index (κ2) is 9.47. The fourth-order valence-electron chi connectivity index (χ4n) is 8.99. The van der Waals surface area contributed by atoms with Crippen molar-refractivity contribution in [1.82, 2.24) is 5.32 Å². The molecule has 5 atom stereocenters. The molecule has 0 radical (unpaired) electrons. The Bertz CT molecular complexity index is 1230. The fraction of sp³-hybridized carbons (Fsp3) is 0.606. The molecule has 1 aromatic carbocycles. The van der Waals surface area contributed by atoms with E-state index in [-0.39, 0.29) is 43.3 Å². The molecular formula is C33H44ClNO3. The highest BCUT2D eigenvalue weighted by atomic mass is 35.5. The number of benzene rings is 1. The van der Waals surface area contributed by atoms with Gasteiger partial charge in [0.25, 0.3) is 5.91 Å². The van der Waals surface area contributed by atoms with Gasteiger partial charge in [-0.15, -0.1) is 12.4 Å². The maximum atomic E-state index is 14.2. The van der Waals surface area contributed by atoms with Crippen LogP contribution in [0.3, 0.4) is 0 Å². The molecule has 38 heavy (non-hydrogen) atoms. The summed E-state index contributed by atoms with van der Waals surface area (Å²) in [6.07, 6.45) is 10.5. The van der Waals surface area contributed by atoms with Crippen LogP contribution >= 0.6 is 12.4 Å². The van der Waals surface area contributed by atoms with Crippen molar-refractivity contribution < 1.29 is 15.8 Å². The van der Waals surface area contributed by atoms with E-state index in [4.69, 9.17) is 0 Å². The largest absolute Gasteiger partial charge is 0.340 e. The number of carbonyl (C=O) groups excluding carboxylic acids is 3. The minimum absolute atomic E-state index is 0. The minimum atomic E-state index is -1.01. The number of hydrogen-bond donors (Lipinski definition) is 1. The molecule has 0 heterocycles. The number of fused-ring (bicyclic) bond motifs is 5. The van der Waals surface area contributed by atoms with E-state index in [1.165, 1.54) is 24.8 Å². The third-order valence-corrected chi connectivity index (χ3v) is 10.9. The van der Waals surface area contributed by atoms with Gasteiger partial charge < -0.3 is 5.32 Å². The smallest absolute Gasteiger partial charge is 0.289 e. The molecule has 3 fully saturated rings. The summed E-state index contributed by atoms with van der Waals surface area (Å²) in [6.45, 7) is 8.99. The number of amides is 1. The summed E-state index contributed by atoms with van der Waals surface area (Å²) >= 11 is 0. The molecule has 0 aromatic heterocycles. The first-order valence-electron chi connectivity index (χ1n) is 14.5. The van der Waals surface area contributed by atoms with Crippen molar-refractivity contribution in [2.24, 2.45) is 34.5 Å². The van der Waals surface area contributed by atoms with Gasteiger partial charge in [-0.3, -0.25) is 14.4 Å². The van der Waals surface area contributed by atoms with Crippen molar-refractivity contribution in [1.29, 1.82) is 0 Å². The molecule has 1 aromatic rings. The van der Waals surface area contributed by atoms with Crippen molar-refractivity contribution in [3.8, 4) is 0 Å². The predicted molar refractivity (Wildman–Crippen MR) is 154 cm³/mol. The lowest BCUT2D eigenvalue weighted by Gasteiger charge is -2.56. The Balaban J connectivity index is 0.00000176. The van der Waals surface area contributed by atoms with Crippen molar-refractivity contribution in [3.05, 3.63) is 58.7 Å². The van der Waals surface area contributed by atoms with E-state index in [2.05, 4.69) is 39.1 Å². The lowest BCUT2D eigenvalue weighted by Crippen LogP contribution is -2.51. The zero-order chi connectivity index (χ0) is 26.2. The van der Waals surface area contributed by atoms with Gasteiger partial charge in [0, 0.05) is 13.8 Å². The quantitative estimate of drug-likeness (QED) is 0.321. The van der Waals surface area contributed by atoms with Crippen LogP contribution in [-0.4, -0.2) is 17.5 Å². The number of hydrogen-bond acceptors (Lipinski definition) is 3. The molecule has 1 N–H and O–H groups in total. The summed E-state index contributed by atoms with van der Waals surface area (Å²) in [4.78, 5) is 41.4. The molecule has 1 amide bonds. The number of carbonyl (C=O) groups is 3. The van der Waals surface area contributed by atoms with E-state index < -0.39 is 22.6 Å². The van der Waals surface area contributed by atoms with Gasteiger partial charge in [0.15, 0.2) is 5.78 Å². The Morgan fingerprint density at radius 2 is 1.76 bits per heavy atom. The highest BCUT2D eigenvalue weighted by molar-refractivity contribution is 6.40. The van der Waals surface area contributed by atoms with Gasteiger partial charge in [0.05, 0.1) is 11.0 Å². The number of rotatable bonds is 5. The van der Waals surface area contributed by atoms with E-state index in [1.54, 1.807) is 0 Å². The monoisotopic (exact) mass is 537 g/mol. The molecule has 0 saturated heterocycles. The van der Waals surface area contributed by atoms with Crippen molar-refractivity contribution in [3.63, 3.8) is 0 Å². The number of allylic oxidation sites excluding steroid dienone is 4. The summed E-state index contributed by atoms with van der Waals surface area (Å²) in [5, 5.41) is 3.13. The van der Waals surface area contributed by atoms with Crippen LogP contribution in [0.5, 0.6) is 0 Å². The standard InChI is InChI=1S/C33H41NO3.ClH.H2/c1-20(2)27-26(35)19-32(29(36)30(37)34-33(17-18-33)22-10-6-5-7-11-22)16-14-25-23(28(27)32)12-13-24-21(3)9-8-15-31(24,25)4;;/h5-7,10-11,14,20-21,23-24H,8-9,12-13,15-19H2,1-4H3,(H,34,37);2*1H/t21?,23?,24-,31-,32-;;/m1../s1. The molecule has 206 valence electrons. The fourth-order valence-corrected chi connectivity index (χ4v) is 8.99. The number of Topliss-reactive ketones (excluding diaryl/α,β-unsaturated/α-hetero) is 2. The number of ketones is 2. The molecule has 6 rings (SSSR count). The normalized spacial score (nSPS) is 34.9. The predicted octanol–water partition coefficient (Wildman–Crippen LogP) is 7.12. The van der Waals surface area contributed by atoms with E-state index >= 15 is 0 Å². The van der Waals surface area contributed by atoms with Crippen LogP contribution in [0, 0.1) is 34.5 Å². The first-order valence-corrected chi connectivity index (χ1v) is 14.5. The van der Waals surface area contributed by atoms with Gasteiger partial charge in [-0.05, 0) is 78.4 Å². The average Bonchev–Trinajstić information content (AvgIpc) is 3.58. The van der Waals surface area contributed by atoms with Crippen molar-refractivity contribution in [2.75, 3.05) is 0 Å². The van der Waals surface area contributed by atoms with Crippen LogP contribution in [0.2, 0.25) is 0 Å². The number of nitrogens with one attached hydrogen (secondary N) is 1. The Labute approximate surface area is 235 Å². The Morgan fingerprint density at radius 3 is 2.42 bits per heavy atom. The lowest BCUT2D eigenvalue weighted by molar-refractivity contribution is -0.144. The van der Waals surface area contributed by atoms with Gasteiger partial charge in [0.1, 0.15) is 0 Å². The average molecular weight is 538 g/mol. The van der Waals surface area contributed by atoms with Crippen molar-refractivity contribution in [2.45, 2.75) is 91.0 Å². The molecule has 3 saturated carbocycles. The maximum absolute atomic E-state index is 14.2. The summed E-state index contributed by atoms with van der Waals surface area (Å²) in [7, 11) is 0. The zero-order valence-corrected chi connectivity index (χ0v) is 24.1. The highest BCUT2D eigenvalue weighted by Gasteiger charge is 2.61. The van der Waals surface area contributed by atoms with Gasteiger partial charge in [-0.1, -0.05) is 82.5 Å². The minimum Gasteiger partial charge on any atom is -0.340 e. The Kier molecular flexibility index (Phi) is 6.82. The lowest BCUT2D eigenvalue weighted by atomic mass is 9.48. The van der Waals surface area contributed by atoms with Crippen LogP contribution in [0.1, 0.15) is 92.5 Å². The van der Waals surface area contributed by atoms with Gasteiger partial charge >= 0.3 is 0 Å². The summed E-state index contributed by atoms with van der Waals surface area (Å²) in [5.74, 6) is 0.703. The van der Waals surface area contributed by atoms with E-state index in [0.29, 0.717) is 18.3 Å². The molecule has 5 aliphatic rings. The molecule has 5 heteroatoms. The molecule has 4 nitrogen and oxygen atoms in total. The van der Waals surface area contributed by atoms with Crippen LogP contribution in [0.15, 0.2) is 53.1 Å². The van der Waals surface area contributed by atoms with Crippen LogP contribution in [0.4, 0.5) is 0 Å². The second-order valence-electron chi connectivity index (χ2n) is 13.3. The van der Waals surface area contributed by atoms with E-state index in [9.17, 15) is 14.4 Å². The zero-order valence-electron chi connectivity index (χ0n) is 23.3. The van der Waals surface area contributed by atoms with Gasteiger partial charge in [-0.2, -0.15) is 0 Å². The van der Waals surface area contributed by atoms with Crippen LogP contribution < -0.4 is 5.32 Å². The Hall–Kier alpha value is -2.20. The molecular weight excluding hydrogens is 494 g/mol. The van der Waals surface area contributed by atoms with Crippen LogP contribution in [0.25, 0.3) is 0 Å². The topological polar surface area (TPSA) is 63.2 Å². The van der Waals surface area contributed by atoms with Crippen molar-refractivity contribution >= 4 is 29.9 Å². The van der Waals surface area contributed by atoms with Gasteiger partial charge in [-0.25, -0.2) is 0 Å². The van der Waals surface area contributed by atoms with E-state index in [1.807, 2.05) is 30.3 Å². The molecule has 2 unspecified atom stereocenters. The van der Waals surface area contributed by atoms with Gasteiger partial charge in [0.2, 0.25) is 5.78 Å². The summed E-state index contributed by atoms with van der Waals surface area (Å²) in [5.41, 5.74) is 3.05. The first-order chi connectivity index (χ1) is 17.6. The maximum Gasteiger partial charge on any atom is 0.289 e.